The first-order valence-electron chi connectivity index (χ1n) is 13.1. The van der Waals surface area contributed by atoms with E-state index in [1.807, 2.05) is 13.8 Å². The van der Waals surface area contributed by atoms with Gasteiger partial charge < -0.3 is 18.9 Å². The molecule has 0 aromatic carbocycles. The predicted octanol–water partition coefficient (Wildman–Crippen LogP) is 6.46. The minimum absolute atomic E-state index is 0.195. The molecule has 0 saturated heterocycles. The van der Waals surface area contributed by atoms with E-state index in [4.69, 9.17) is 14.2 Å². The van der Waals surface area contributed by atoms with Gasteiger partial charge in [0.25, 0.3) is 5.88 Å². The molecular weight excluding hydrogens is 466 g/mol. The van der Waals surface area contributed by atoms with Crippen LogP contribution in [0.3, 0.4) is 0 Å². The first kappa shape index (κ1) is 31.3. The second-order valence-corrected chi connectivity index (χ2v) is 10.1. The topological polar surface area (TPSA) is 79.8 Å². The first-order valence-corrected chi connectivity index (χ1v) is 13.8. The van der Waals surface area contributed by atoms with E-state index >= 15 is 0 Å². The van der Waals surface area contributed by atoms with Gasteiger partial charge in [-0.3, -0.25) is 4.48 Å². The first-order chi connectivity index (χ1) is 16.8. The van der Waals surface area contributed by atoms with Crippen LogP contribution in [0.15, 0.2) is 6.08 Å². The molecule has 35 heavy (non-hydrogen) atoms. The number of rotatable bonds is 14. The Kier molecular flexibility index (Phi) is 15.8. The molecule has 0 spiro atoms. The number of quaternary nitrogens is 1. The number of hydrogen-bond acceptors (Lipinski definition) is 8. The lowest BCUT2D eigenvalue weighted by atomic mass is 10.0. The van der Waals surface area contributed by atoms with Crippen molar-refractivity contribution in [3.8, 4) is 5.88 Å². The third-order valence-electron chi connectivity index (χ3n) is 5.88. The van der Waals surface area contributed by atoms with Crippen LogP contribution in [-0.4, -0.2) is 72.7 Å². The summed E-state index contributed by atoms with van der Waals surface area (Å²) in [6.07, 6.45) is 10.8. The van der Waals surface area contributed by atoms with Gasteiger partial charge in [0.2, 0.25) is 6.23 Å². The summed E-state index contributed by atoms with van der Waals surface area (Å²) >= 11 is 1.19. The van der Waals surface area contributed by atoms with Gasteiger partial charge in [-0.2, -0.15) is 4.37 Å². The Balaban J connectivity index is 0.00000194. The largest absolute Gasteiger partial charge is 0.513 e. The second kappa shape index (κ2) is 17.7. The molecule has 2 atom stereocenters. The van der Waals surface area contributed by atoms with Crippen molar-refractivity contribution in [1.82, 2.24) is 8.75 Å². The van der Waals surface area contributed by atoms with E-state index in [0.29, 0.717) is 17.0 Å². The van der Waals surface area contributed by atoms with E-state index in [1.165, 1.54) is 31.0 Å². The van der Waals surface area contributed by atoms with Gasteiger partial charge in [-0.25, -0.2) is 4.79 Å². The highest BCUT2D eigenvalue weighted by Gasteiger charge is 2.39. The standard InChI is InChI=1S/C24H42N3O4S.C2H6O/c1-6-8-10-12-17-29-23-22(25-32-26-23)20-14-13-16-27(5,18-20)21(15-11-9-7-2)31-24(28)30-19(3)4;1-3-2/h14,19,21H,6-13,15-18H2,1-5H3;1-2H3/q+1;. The van der Waals surface area contributed by atoms with Crippen LogP contribution in [0, 0.1) is 0 Å². The van der Waals surface area contributed by atoms with E-state index in [-0.39, 0.29) is 12.3 Å². The number of likely N-dealkylation sites (N-methyl/N-ethyl adjacent to an activating group) is 1. The Morgan fingerprint density at radius 3 is 2.40 bits per heavy atom. The summed E-state index contributed by atoms with van der Waals surface area (Å²) in [4.78, 5) is 12.3. The molecular formula is C26H48N3O5S+. The number of ether oxygens (including phenoxy) is 4. The maximum atomic E-state index is 12.3. The monoisotopic (exact) mass is 514 g/mol. The molecule has 1 aliphatic heterocycles. The van der Waals surface area contributed by atoms with Crippen LogP contribution in [0.5, 0.6) is 5.88 Å². The molecule has 2 heterocycles. The number of carbonyl (C=O) groups excluding carboxylic acids is 1. The fraction of sp³-hybridized carbons (Fsp3) is 0.808. The fourth-order valence-electron chi connectivity index (χ4n) is 4.05. The van der Waals surface area contributed by atoms with Crippen molar-refractivity contribution < 1.29 is 28.2 Å². The molecule has 1 aromatic heterocycles. The summed E-state index contributed by atoms with van der Waals surface area (Å²) in [6, 6.07) is 0. The van der Waals surface area contributed by atoms with E-state index in [2.05, 4.69) is 40.5 Å². The summed E-state index contributed by atoms with van der Waals surface area (Å²) in [6.45, 7) is 10.4. The highest BCUT2D eigenvalue weighted by molar-refractivity contribution is 6.99. The van der Waals surface area contributed by atoms with Gasteiger partial charge in [0.15, 0.2) is 0 Å². The van der Waals surface area contributed by atoms with Crippen LogP contribution in [0.4, 0.5) is 4.79 Å². The van der Waals surface area contributed by atoms with Gasteiger partial charge in [-0.05, 0) is 26.7 Å². The highest BCUT2D eigenvalue weighted by Crippen LogP contribution is 2.33. The summed E-state index contributed by atoms with van der Waals surface area (Å²) in [5, 5.41) is 0. The lowest BCUT2D eigenvalue weighted by molar-refractivity contribution is -0.947. The second-order valence-electron chi connectivity index (χ2n) is 9.60. The Hall–Kier alpha value is -1.71. The molecule has 8 nitrogen and oxygen atoms in total. The van der Waals surface area contributed by atoms with Gasteiger partial charge in [0.05, 0.1) is 38.0 Å². The predicted molar refractivity (Wildman–Crippen MR) is 142 cm³/mol. The van der Waals surface area contributed by atoms with Crippen molar-refractivity contribution in [2.75, 3.05) is 41.0 Å². The van der Waals surface area contributed by atoms with Gasteiger partial charge in [0, 0.05) is 32.6 Å². The zero-order valence-corrected chi connectivity index (χ0v) is 23.8. The number of aromatic nitrogens is 2. The lowest BCUT2D eigenvalue weighted by Gasteiger charge is -2.42. The van der Waals surface area contributed by atoms with Crippen molar-refractivity contribution >= 4 is 23.5 Å². The Labute approximate surface area is 216 Å². The smallest absolute Gasteiger partial charge is 0.475 e. The molecule has 0 radical (unpaired) electrons. The zero-order chi connectivity index (χ0) is 26.1. The number of hydrogen-bond donors (Lipinski definition) is 0. The van der Waals surface area contributed by atoms with Gasteiger partial charge in [-0.1, -0.05) is 52.0 Å². The quantitative estimate of drug-likeness (QED) is 0.160. The molecule has 202 valence electrons. The van der Waals surface area contributed by atoms with E-state index in [1.54, 1.807) is 14.2 Å². The lowest BCUT2D eigenvalue weighted by Crippen LogP contribution is -2.56. The third kappa shape index (κ3) is 11.7. The maximum absolute atomic E-state index is 12.3. The van der Waals surface area contributed by atoms with Crippen LogP contribution in [0.2, 0.25) is 0 Å². The summed E-state index contributed by atoms with van der Waals surface area (Å²) in [7, 11) is 5.41. The van der Waals surface area contributed by atoms with E-state index in [0.717, 1.165) is 62.9 Å². The van der Waals surface area contributed by atoms with Crippen LogP contribution in [0.25, 0.3) is 5.57 Å². The number of methoxy groups -OCH3 is 1. The summed E-state index contributed by atoms with van der Waals surface area (Å²) in [5.41, 5.74) is 1.96. The Morgan fingerprint density at radius 2 is 1.74 bits per heavy atom. The number of nitrogens with zero attached hydrogens (tertiary/aromatic N) is 3. The SMILES string of the molecule is CCCCCCOc1nsnc1C1=CCC[N+](C)(C(CCCCC)OC(=O)OC(C)C)C1.COC. The molecule has 0 bridgehead atoms. The Bertz CT molecular complexity index is 740. The average molecular weight is 515 g/mol. The van der Waals surface area contributed by atoms with Crippen molar-refractivity contribution in [2.45, 2.75) is 97.8 Å². The summed E-state index contributed by atoms with van der Waals surface area (Å²) in [5.74, 6) is 0.633. The molecule has 1 aromatic rings. The molecule has 1 aliphatic rings. The molecule has 0 saturated carbocycles. The Morgan fingerprint density at radius 1 is 1.06 bits per heavy atom. The van der Waals surface area contributed by atoms with Crippen LogP contribution >= 0.6 is 11.7 Å². The number of unbranched alkanes of at least 4 members (excludes halogenated alkanes) is 5. The van der Waals surface area contributed by atoms with Crippen LogP contribution in [0.1, 0.15) is 91.2 Å². The molecule has 9 heteroatoms. The highest BCUT2D eigenvalue weighted by atomic mass is 32.1. The molecule has 0 N–H and O–H groups in total. The van der Waals surface area contributed by atoms with Gasteiger partial charge in [-0.15, -0.1) is 4.37 Å². The van der Waals surface area contributed by atoms with Crippen LogP contribution in [-0.2, 0) is 14.2 Å². The van der Waals surface area contributed by atoms with Crippen molar-refractivity contribution in [1.29, 1.82) is 0 Å². The average Bonchev–Trinajstić information content (AvgIpc) is 3.27. The minimum Gasteiger partial charge on any atom is -0.475 e. The maximum Gasteiger partial charge on any atom is 0.513 e. The van der Waals surface area contributed by atoms with E-state index in [9.17, 15) is 4.79 Å². The van der Waals surface area contributed by atoms with Crippen molar-refractivity contribution in [3.63, 3.8) is 0 Å². The molecule has 2 unspecified atom stereocenters. The minimum atomic E-state index is -0.580. The molecule has 2 rings (SSSR count). The normalized spacial score (nSPS) is 18.3. The number of carbonyl (C=O) groups is 1. The zero-order valence-electron chi connectivity index (χ0n) is 23.0. The third-order valence-corrected chi connectivity index (χ3v) is 6.39. The van der Waals surface area contributed by atoms with Crippen molar-refractivity contribution in [2.24, 2.45) is 0 Å². The molecule has 0 amide bonds. The van der Waals surface area contributed by atoms with Gasteiger partial charge in [0.1, 0.15) is 12.2 Å². The van der Waals surface area contributed by atoms with Crippen LogP contribution < -0.4 is 4.74 Å². The molecule has 0 fully saturated rings. The van der Waals surface area contributed by atoms with E-state index < -0.39 is 6.16 Å². The van der Waals surface area contributed by atoms with Gasteiger partial charge >= 0.3 is 6.16 Å². The molecule has 0 aliphatic carbocycles. The van der Waals surface area contributed by atoms with Crippen molar-refractivity contribution in [3.05, 3.63) is 11.8 Å². The fourth-order valence-corrected chi connectivity index (χ4v) is 4.58. The summed E-state index contributed by atoms with van der Waals surface area (Å²) < 4.78 is 31.0.